The summed E-state index contributed by atoms with van der Waals surface area (Å²) in [7, 11) is 1.32. The van der Waals surface area contributed by atoms with Gasteiger partial charge in [0.05, 0.1) is 19.8 Å². The molecule has 3 heterocycles. The molecule has 2 saturated heterocycles. The second-order valence-electron chi connectivity index (χ2n) is 10.5. The molecule has 0 unspecified atom stereocenters. The zero-order valence-corrected chi connectivity index (χ0v) is 23.3. The van der Waals surface area contributed by atoms with Crippen LogP contribution in [-0.4, -0.2) is 121 Å². The molecule has 0 bridgehead atoms. The highest BCUT2D eigenvalue weighted by Gasteiger charge is 2.47. The molecule has 0 spiro atoms. The minimum Gasteiger partial charge on any atom is -0.508 e. The Bertz CT molecular complexity index is 1560. The third kappa shape index (κ3) is 5.74. The number of benzene rings is 2. The Hall–Kier alpha value is -3.71. The fraction of sp³-hybridized carbons (Fsp3) is 0.464. The summed E-state index contributed by atoms with van der Waals surface area (Å²) in [6.07, 6.45) is -16.0. The number of phenols is 3. The van der Waals surface area contributed by atoms with Crippen molar-refractivity contribution in [1.29, 1.82) is 0 Å². The van der Waals surface area contributed by atoms with Crippen molar-refractivity contribution in [2.45, 2.75) is 68.3 Å². The molecule has 240 valence electrons. The number of methoxy groups -OCH3 is 1. The second kappa shape index (κ2) is 12.4. The Morgan fingerprint density at radius 2 is 1.48 bits per heavy atom. The van der Waals surface area contributed by atoms with Crippen LogP contribution in [-0.2, 0) is 14.2 Å². The molecule has 16 heteroatoms. The molecule has 2 aromatic carbocycles. The van der Waals surface area contributed by atoms with E-state index in [9.17, 15) is 50.8 Å². The van der Waals surface area contributed by atoms with Crippen molar-refractivity contribution < 1.29 is 74.1 Å². The molecule has 1 aromatic heterocycles. The Labute approximate surface area is 248 Å². The summed E-state index contributed by atoms with van der Waals surface area (Å²) in [4.78, 5) is 13.7. The maximum absolute atomic E-state index is 13.7. The number of aromatic hydroxyl groups is 3. The molecule has 44 heavy (non-hydrogen) atoms. The number of aliphatic hydroxyl groups excluding tert-OH is 6. The average molecular weight is 625 g/mol. The first-order valence-electron chi connectivity index (χ1n) is 13.4. The third-order valence-electron chi connectivity index (χ3n) is 7.49. The lowest BCUT2D eigenvalue weighted by Crippen LogP contribution is -2.61. The standard InChI is InChI=1S/C28H32O16/c1-9-18(32)21(35)23(37)27(41-9)40-8-16-19(33)22(36)24(38)28(43-16)44-26-20(34)17-13(31)6-11(29)7-15(17)42-25(26)10-3-4-14(39-2)12(30)5-10/h3-7,9,16,18-19,21-24,27-33,35-38H,8H2,1-2H3/t9-,16+,18-,19+,21+,22-,23+,24+,27-,28-/m0/s1. The van der Waals surface area contributed by atoms with Crippen LogP contribution in [0.25, 0.3) is 22.3 Å². The summed E-state index contributed by atoms with van der Waals surface area (Å²) >= 11 is 0. The average Bonchev–Trinajstić information content (AvgIpc) is 2.98. The number of rotatable bonds is 7. The first-order valence-corrected chi connectivity index (χ1v) is 13.4. The lowest BCUT2D eigenvalue weighted by Gasteiger charge is -2.42. The summed E-state index contributed by atoms with van der Waals surface area (Å²) in [5.41, 5.74) is -1.19. The van der Waals surface area contributed by atoms with Crippen LogP contribution < -0.4 is 14.9 Å². The van der Waals surface area contributed by atoms with Gasteiger partial charge in [-0.15, -0.1) is 0 Å². The van der Waals surface area contributed by atoms with E-state index in [-0.39, 0.29) is 28.4 Å². The van der Waals surface area contributed by atoms with Gasteiger partial charge in [0, 0.05) is 17.7 Å². The zero-order chi connectivity index (χ0) is 32.0. The van der Waals surface area contributed by atoms with Crippen molar-refractivity contribution in [3.05, 3.63) is 40.6 Å². The van der Waals surface area contributed by atoms with E-state index >= 15 is 0 Å². The van der Waals surface area contributed by atoms with Gasteiger partial charge in [-0.05, 0) is 25.1 Å². The van der Waals surface area contributed by atoms with Crippen molar-refractivity contribution in [3.8, 4) is 40.1 Å². The van der Waals surface area contributed by atoms with Crippen LogP contribution in [0.4, 0.5) is 0 Å². The van der Waals surface area contributed by atoms with Gasteiger partial charge in [0.15, 0.2) is 23.5 Å². The van der Waals surface area contributed by atoms with Gasteiger partial charge < -0.3 is 74.1 Å². The fourth-order valence-corrected chi connectivity index (χ4v) is 5.01. The number of hydrogen-bond donors (Lipinski definition) is 9. The smallest absolute Gasteiger partial charge is 0.239 e. The van der Waals surface area contributed by atoms with Crippen LogP contribution in [0.2, 0.25) is 0 Å². The van der Waals surface area contributed by atoms with Crippen LogP contribution in [0, 0.1) is 0 Å². The lowest BCUT2D eigenvalue weighted by atomic mass is 9.98. The Morgan fingerprint density at radius 3 is 2.16 bits per heavy atom. The SMILES string of the molecule is COc1ccc(-c2oc3cc(O)cc(O)c3c(=O)c2O[C@@H]2O[C@H](CO[C@H]3O[C@@H](C)[C@H](O)[C@@H](O)[C@H]3O)[C@@H](O)[C@H](O)[C@H]2O)cc1O. The molecule has 0 amide bonds. The van der Waals surface area contributed by atoms with E-state index in [2.05, 4.69) is 0 Å². The molecule has 2 aliphatic rings. The number of aliphatic hydroxyl groups is 6. The molecular formula is C28H32O16. The van der Waals surface area contributed by atoms with Gasteiger partial charge in [-0.1, -0.05) is 0 Å². The van der Waals surface area contributed by atoms with Crippen molar-refractivity contribution in [2.24, 2.45) is 0 Å². The van der Waals surface area contributed by atoms with Crippen LogP contribution in [0.3, 0.4) is 0 Å². The van der Waals surface area contributed by atoms with E-state index in [0.29, 0.717) is 0 Å². The number of phenolic OH excluding ortho intramolecular Hbond substituents is 3. The molecule has 10 atom stereocenters. The highest BCUT2D eigenvalue weighted by atomic mass is 16.7. The molecule has 2 aliphatic heterocycles. The summed E-state index contributed by atoms with van der Waals surface area (Å²) in [6.45, 7) is 0.841. The minimum atomic E-state index is -1.95. The van der Waals surface area contributed by atoms with Gasteiger partial charge in [0.2, 0.25) is 17.5 Å². The summed E-state index contributed by atoms with van der Waals surface area (Å²) in [6, 6.07) is 5.88. The van der Waals surface area contributed by atoms with Crippen LogP contribution in [0.1, 0.15) is 6.92 Å². The van der Waals surface area contributed by atoms with Gasteiger partial charge >= 0.3 is 0 Å². The summed E-state index contributed by atoms with van der Waals surface area (Å²) in [5.74, 6) is -2.33. The quantitative estimate of drug-likeness (QED) is 0.147. The van der Waals surface area contributed by atoms with Crippen molar-refractivity contribution in [3.63, 3.8) is 0 Å². The first-order chi connectivity index (χ1) is 20.8. The van der Waals surface area contributed by atoms with Crippen LogP contribution >= 0.6 is 0 Å². The minimum absolute atomic E-state index is 0.0594. The van der Waals surface area contributed by atoms with Gasteiger partial charge in [-0.3, -0.25) is 4.79 Å². The van der Waals surface area contributed by atoms with Crippen LogP contribution in [0.15, 0.2) is 39.5 Å². The molecule has 2 fully saturated rings. The third-order valence-corrected chi connectivity index (χ3v) is 7.49. The van der Waals surface area contributed by atoms with E-state index in [1.807, 2.05) is 0 Å². The summed E-state index contributed by atoms with van der Waals surface area (Å²) in [5, 5.41) is 92.3. The lowest BCUT2D eigenvalue weighted by molar-refractivity contribution is -0.318. The molecule has 3 aromatic rings. The molecule has 0 saturated carbocycles. The number of fused-ring (bicyclic) bond motifs is 1. The number of hydrogen-bond acceptors (Lipinski definition) is 16. The molecule has 0 aliphatic carbocycles. The van der Waals surface area contributed by atoms with Gasteiger partial charge in [0.1, 0.15) is 65.2 Å². The normalized spacial score (nSPS) is 32.5. The van der Waals surface area contributed by atoms with E-state index in [0.717, 1.165) is 12.1 Å². The first kappa shape index (κ1) is 31.7. The Balaban J connectivity index is 1.48. The van der Waals surface area contributed by atoms with Crippen molar-refractivity contribution >= 4 is 11.0 Å². The van der Waals surface area contributed by atoms with Crippen molar-refractivity contribution in [2.75, 3.05) is 13.7 Å². The zero-order valence-electron chi connectivity index (χ0n) is 23.3. The predicted molar refractivity (Wildman–Crippen MR) is 145 cm³/mol. The molecule has 5 rings (SSSR count). The second-order valence-corrected chi connectivity index (χ2v) is 10.5. The molecular weight excluding hydrogens is 592 g/mol. The molecule has 9 N–H and O–H groups in total. The van der Waals surface area contributed by atoms with Gasteiger partial charge in [-0.2, -0.15) is 0 Å². The summed E-state index contributed by atoms with van der Waals surface area (Å²) < 4.78 is 33.1. The fourth-order valence-electron chi connectivity index (χ4n) is 5.01. The molecule has 16 nitrogen and oxygen atoms in total. The maximum atomic E-state index is 13.7. The topological polar surface area (TPSA) is 258 Å². The Morgan fingerprint density at radius 1 is 0.795 bits per heavy atom. The van der Waals surface area contributed by atoms with Crippen molar-refractivity contribution in [1.82, 2.24) is 0 Å². The predicted octanol–water partition coefficient (Wildman–Crippen LogP) is -1.38. The molecule has 0 radical (unpaired) electrons. The van der Waals surface area contributed by atoms with Crippen LogP contribution in [0.5, 0.6) is 28.7 Å². The van der Waals surface area contributed by atoms with E-state index < -0.39 is 96.1 Å². The van der Waals surface area contributed by atoms with E-state index in [4.69, 9.17) is 28.1 Å². The monoisotopic (exact) mass is 624 g/mol. The van der Waals surface area contributed by atoms with E-state index in [1.54, 1.807) is 0 Å². The number of ether oxygens (including phenoxy) is 5. The highest BCUT2D eigenvalue weighted by molar-refractivity contribution is 5.88. The van der Waals surface area contributed by atoms with Gasteiger partial charge in [-0.25, -0.2) is 0 Å². The highest BCUT2D eigenvalue weighted by Crippen LogP contribution is 2.39. The maximum Gasteiger partial charge on any atom is 0.239 e. The van der Waals surface area contributed by atoms with Gasteiger partial charge in [0.25, 0.3) is 0 Å². The Kier molecular flexibility index (Phi) is 8.90. The van der Waals surface area contributed by atoms with E-state index in [1.165, 1.54) is 32.2 Å². The largest absolute Gasteiger partial charge is 0.508 e.